The second-order valence-corrected chi connectivity index (χ2v) is 2.63. The molecule has 0 aromatic rings. The number of Topliss-reactive ketones (excluding diaryl/α,β-unsaturated/α-hetero) is 1. The lowest BCUT2D eigenvalue weighted by atomic mass is 9.71. The highest BCUT2D eigenvalue weighted by Crippen LogP contribution is 2.32. The van der Waals surface area contributed by atoms with Crippen LogP contribution in [0.1, 0.15) is 19.8 Å². The SMILES string of the molecule is CC[C@H]1CC(=O)[C@@H]1CO. The molecule has 0 heterocycles. The standard InChI is InChI=1S/C7H12O2/c1-2-5-3-7(9)6(5)4-8/h5-6,8H,2-4H2,1H3/t5-,6+/m0/s1. The Labute approximate surface area is 54.9 Å². The van der Waals surface area contributed by atoms with Gasteiger partial charge in [0.05, 0.1) is 6.61 Å². The number of carbonyl (C=O) groups excluding carboxylic acids is 1. The molecule has 0 unspecified atom stereocenters. The van der Waals surface area contributed by atoms with E-state index in [1.807, 2.05) is 0 Å². The number of aliphatic hydroxyl groups excluding tert-OH is 1. The van der Waals surface area contributed by atoms with Crippen LogP contribution in [0.2, 0.25) is 0 Å². The number of hydrogen-bond donors (Lipinski definition) is 1. The topological polar surface area (TPSA) is 37.3 Å². The monoisotopic (exact) mass is 128 g/mol. The Hall–Kier alpha value is -0.370. The molecule has 0 aliphatic heterocycles. The van der Waals surface area contributed by atoms with Crippen molar-refractivity contribution in [1.82, 2.24) is 0 Å². The number of aliphatic hydroxyl groups is 1. The molecule has 0 radical (unpaired) electrons. The molecule has 2 heteroatoms. The smallest absolute Gasteiger partial charge is 0.138 e. The fourth-order valence-electron chi connectivity index (χ4n) is 1.33. The van der Waals surface area contributed by atoms with E-state index in [1.165, 1.54) is 0 Å². The maximum Gasteiger partial charge on any atom is 0.138 e. The summed E-state index contributed by atoms with van der Waals surface area (Å²) in [4.78, 5) is 10.7. The van der Waals surface area contributed by atoms with E-state index in [1.54, 1.807) is 0 Å². The molecule has 52 valence electrons. The third-order valence-electron chi connectivity index (χ3n) is 2.17. The Morgan fingerprint density at radius 2 is 2.44 bits per heavy atom. The number of hydrogen-bond acceptors (Lipinski definition) is 2. The van der Waals surface area contributed by atoms with E-state index in [4.69, 9.17) is 5.11 Å². The van der Waals surface area contributed by atoms with Crippen LogP contribution >= 0.6 is 0 Å². The van der Waals surface area contributed by atoms with E-state index >= 15 is 0 Å². The van der Waals surface area contributed by atoms with E-state index in [0.717, 1.165) is 6.42 Å². The molecular weight excluding hydrogens is 116 g/mol. The van der Waals surface area contributed by atoms with Crippen LogP contribution in [0.15, 0.2) is 0 Å². The van der Waals surface area contributed by atoms with Gasteiger partial charge in [-0.25, -0.2) is 0 Å². The molecule has 2 nitrogen and oxygen atoms in total. The van der Waals surface area contributed by atoms with Crippen molar-refractivity contribution in [1.29, 1.82) is 0 Å². The Bertz CT molecular complexity index is 120. The van der Waals surface area contributed by atoms with Gasteiger partial charge in [-0.05, 0) is 5.92 Å². The van der Waals surface area contributed by atoms with Crippen molar-refractivity contribution in [2.75, 3.05) is 6.61 Å². The molecule has 0 bridgehead atoms. The minimum Gasteiger partial charge on any atom is -0.396 e. The zero-order valence-electron chi connectivity index (χ0n) is 5.63. The first-order valence-corrected chi connectivity index (χ1v) is 3.43. The van der Waals surface area contributed by atoms with Crippen LogP contribution in [0, 0.1) is 11.8 Å². The molecule has 1 fully saturated rings. The summed E-state index contributed by atoms with van der Waals surface area (Å²) in [6.45, 7) is 2.11. The molecule has 2 atom stereocenters. The van der Waals surface area contributed by atoms with E-state index in [9.17, 15) is 4.79 Å². The summed E-state index contributed by atoms with van der Waals surface area (Å²) in [5.41, 5.74) is 0. The van der Waals surface area contributed by atoms with Crippen LogP contribution < -0.4 is 0 Å². The number of carbonyl (C=O) groups is 1. The van der Waals surface area contributed by atoms with Crippen LogP contribution in [0.4, 0.5) is 0 Å². The lowest BCUT2D eigenvalue weighted by Gasteiger charge is -2.32. The molecule has 0 aromatic carbocycles. The fourth-order valence-corrected chi connectivity index (χ4v) is 1.33. The minimum atomic E-state index is -0.0185. The summed E-state index contributed by atoms with van der Waals surface area (Å²) in [5.74, 6) is 0.696. The maximum absolute atomic E-state index is 10.7. The number of rotatable bonds is 2. The van der Waals surface area contributed by atoms with Gasteiger partial charge in [-0.2, -0.15) is 0 Å². The van der Waals surface area contributed by atoms with Crippen molar-refractivity contribution in [3.05, 3.63) is 0 Å². The molecule has 0 aromatic heterocycles. The van der Waals surface area contributed by atoms with Gasteiger partial charge in [0.2, 0.25) is 0 Å². The first-order valence-electron chi connectivity index (χ1n) is 3.43. The summed E-state index contributed by atoms with van der Waals surface area (Å²) in [5, 5.41) is 8.64. The zero-order valence-corrected chi connectivity index (χ0v) is 5.63. The summed E-state index contributed by atoms with van der Waals surface area (Å²) >= 11 is 0. The highest BCUT2D eigenvalue weighted by molar-refractivity contribution is 5.87. The highest BCUT2D eigenvalue weighted by Gasteiger charge is 2.37. The lowest BCUT2D eigenvalue weighted by Crippen LogP contribution is -2.39. The van der Waals surface area contributed by atoms with Gasteiger partial charge in [0.25, 0.3) is 0 Å². The third-order valence-corrected chi connectivity index (χ3v) is 2.17. The third kappa shape index (κ3) is 0.990. The molecule has 0 spiro atoms. The van der Waals surface area contributed by atoms with Gasteiger partial charge in [-0.1, -0.05) is 13.3 Å². The molecule has 1 aliphatic carbocycles. The summed E-state index contributed by atoms with van der Waals surface area (Å²) < 4.78 is 0. The molecule has 1 rings (SSSR count). The van der Waals surface area contributed by atoms with Gasteiger partial charge in [-0.15, -0.1) is 0 Å². The molecule has 1 N–H and O–H groups in total. The summed E-state index contributed by atoms with van der Waals surface area (Å²) in [6.07, 6.45) is 1.72. The van der Waals surface area contributed by atoms with Gasteiger partial charge in [0.1, 0.15) is 5.78 Å². The van der Waals surface area contributed by atoms with E-state index in [-0.39, 0.29) is 18.3 Å². The van der Waals surface area contributed by atoms with E-state index < -0.39 is 0 Å². The van der Waals surface area contributed by atoms with Gasteiger partial charge in [0, 0.05) is 12.3 Å². The van der Waals surface area contributed by atoms with Gasteiger partial charge in [0.15, 0.2) is 0 Å². The fraction of sp³-hybridized carbons (Fsp3) is 0.857. The Kier molecular flexibility index (Phi) is 1.86. The van der Waals surface area contributed by atoms with E-state index in [2.05, 4.69) is 6.92 Å². The Morgan fingerprint density at radius 1 is 1.78 bits per heavy atom. The highest BCUT2D eigenvalue weighted by atomic mass is 16.3. The van der Waals surface area contributed by atoms with Crippen LogP contribution in [0.5, 0.6) is 0 Å². The molecule has 1 saturated carbocycles. The lowest BCUT2D eigenvalue weighted by molar-refractivity contribution is -0.136. The Balaban J connectivity index is 2.38. The van der Waals surface area contributed by atoms with Crippen LogP contribution in [0.25, 0.3) is 0 Å². The van der Waals surface area contributed by atoms with Crippen LogP contribution in [0.3, 0.4) is 0 Å². The van der Waals surface area contributed by atoms with Crippen molar-refractivity contribution >= 4 is 5.78 Å². The minimum absolute atomic E-state index is 0.0185. The summed E-state index contributed by atoms with van der Waals surface area (Å²) in [6, 6.07) is 0. The molecular formula is C7H12O2. The van der Waals surface area contributed by atoms with Crippen molar-refractivity contribution in [3.8, 4) is 0 Å². The first kappa shape index (κ1) is 6.75. The predicted molar refractivity (Wildman–Crippen MR) is 34.0 cm³/mol. The van der Waals surface area contributed by atoms with Gasteiger partial charge >= 0.3 is 0 Å². The van der Waals surface area contributed by atoms with Crippen molar-refractivity contribution in [3.63, 3.8) is 0 Å². The van der Waals surface area contributed by atoms with Gasteiger partial charge < -0.3 is 5.11 Å². The zero-order chi connectivity index (χ0) is 6.85. The largest absolute Gasteiger partial charge is 0.396 e. The van der Waals surface area contributed by atoms with Crippen LogP contribution in [-0.4, -0.2) is 17.5 Å². The second kappa shape index (κ2) is 2.48. The molecule has 0 saturated heterocycles. The molecule has 0 amide bonds. The predicted octanol–water partition coefficient (Wildman–Crippen LogP) is 0.594. The quantitative estimate of drug-likeness (QED) is 0.591. The molecule has 9 heavy (non-hydrogen) atoms. The van der Waals surface area contributed by atoms with Crippen molar-refractivity contribution < 1.29 is 9.90 Å². The normalized spacial score (nSPS) is 34.2. The van der Waals surface area contributed by atoms with Crippen LogP contribution in [-0.2, 0) is 4.79 Å². The second-order valence-electron chi connectivity index (χ2n) is 2.63. The summed E-state index contributed by atoms with van der Waals surface area (Å²) in [7, 11) is 0. The van der Waals surface area contributed by atoms with Gasteiger partial charge in [-0.3, -0.25) is 4.79 Å². The first-order chi connectivity index (χ1) is 4.29. The average molecular weight is 128 g/mol. The molecule has 1 aliphatic rings. The number of ketones is 1. The van der Waals surface area contributed by atoms with Crippen molar-refractivity contribution in [2.45, 2.75) is 19.8 Å². The average Bonchev–Trinajstić information content (AvgIpc) is 1.83. The van der Waals surface area contributed by atoms with Crippen molar-refractivity contribution in [2.24, 2.45) is 11.8 Å². The van der Waals surface area contributed by atoms with E-state index in [0.29, 0.717) is 12.3 Å². The Morgan fingerprint density at radius 3 is 2.67 bits per heavy atom. The maximum atomic E-state index is 10.7.